The lowest BCUT2D eigenvalue weighted by molar-refractivity contribution is -0.135. The number of hydrogen-bond donors (Lipinski definition) is 1. The van der Waals surface area contributed by atoms with Gasteiger partial charge in [0.2, 0.25) is 0 Å². The molecule has 6 heteroatoms. The second kappa shape index (κ2) is 6.16. The normalized spacial score (nSPS) is 13.3. The van der Waals surface area contributed by atoms with E-state index in [1.165, 1.54) is 12.1 Å². The highest BCUT2D eigenvalue weighted by atomic mass is 32.2. The highest BCUT2D eigenvalue weighted by molar-refractivity contribution is 7.87. The Hall–Kier alpha value is -1.40. The number of benzene rings is 1. The zero-order chi connectivity index (χ0) is 14.6. The maximum absolute atomic E-state index is 11.8. The molecule has 1 aromatic rings. The van der Waals surface area contributed by atoms with Crippen LogP contribution in [0.5, 0.6) is 0 Å². The van der Waals surface area contributed by atoms with Crippen LogP contribution in [0.25, 0.3) is 0 Å². The second-order valence-corrected chi connectivity index (χ2v) is 6.45. The average Bonchev–Trinajstić information content (AvgIpc) is 2.27. The van der Waals surface area contributed by atoms with E-state index in [0.717, 1.165) is 5.56 Å². The molecule has 1 aromatic carbocycles. The standard InChI is InChI=1S/C13H19NO4S/c1-9(2)8-12(14)13(15)18-19(16,17)11-6-4-10(3)5-7-11/h4-7,9,12H,8,14H2,1-3H3. The van der Waals surface area contributed by atoms with Gasteiger partial charge in [-0.25, -0.2) is 4.79 Å². The Balaban J connectivity index is 2.80. The summed E-state index contributed by atoms with van der Waals surface area (Å²) in [7, 11) is -4.09. The first kappa shape index (κ1) is 15.7. The Morgan fingerprint density at radius 3 is 2.26 bits per heavy atom. The fourth-order valence-electron chi connectivity index (χ4n) is 1.53. The molecule has 1 unspecified atom stereocenters. The molecular weight excluding hydrogens is 266 g/mol. The van der Waals surface area contributed by atoms with Crippen LogP contribution >= 0.6 is 0 Å². The summed E-state index contributed by atoms with van der Waals surface area (Å²) < 4.78 is 28.2. The molecule has 0 aromatic heterocycles. The number of nitrogens with two attached hydrogens (primary N) is 1. The zero-order valence-electron chi connectivity index (χ0n) is 11.3. The Kier molecular flexibility index (Phi) is 5.08. The summed E-state index contributed by atoms with van der Waals surface area (Å²) in [6.07, 6.45) is 0.377. The van der Waals surface area contributed by atoms with Gasteiger partial charge in [0.25, 0.3) is 0 Å². The third-order valence-corrected chi connectivity index (χ3v) is 3.76. The van der Waals surface area contributed by atoms with E-state index < -0.39 is 22.1 Å². The van der Waals surface area contributed by atoms with E-state index in [1.807, 2.05) is 20.8 Å². The number of carbonyl (C=O) groups excluding carboxylic acids is 1. The fraction of sp³-hybridized carbons (Fsp3) is 0.462. The van der Waals surface area contributed by atoms with Crippen molar-refractivity contribution in [3.05, 3.63) is 29.8 Å². The van der Waals surface area contributed by atoms with Gasteiger partial charge in [-0.2, -0.15) is 8.42 Å². The molecule has 0 amide bonds. The van der Waals surface area contributed by atoms with Crippen LogP contribution in [0.4, 0.5) is 0 Å². The monoisotopic (exact) mass is 285 g/mol. The predicted molar refractivity (Wildman–Crippen MR) is 71.9 cm³/mol. The van der Waals surface area contributed by atoms with E-state index in [-0.39, 0.29) is 10.8 Å². The number of aryl methyl sites for hydroxylation is 1. The summed E-state index contributed by atoms with van der Waals surface area (Å²) in [6.45, 7) is 5.62. The largest absolute Gasteiger partial charge is 0.341 e. The fourth-order valence-corrected chi connectivity index (χ4v) is 2.43. The van der Waals surface area contributed by atoms with Crippen LogP contribution in [0, 0.1) is 12.8 Å². The third-order valence-electron chi connectivity index (χ3n) is 2.53. The minimum absolute atomic E-state index is 0.0526. The Morgan fingerprint density at radius 1 is 1.26 bits per heavy atom. The van der Waals surface area contributed by atoms with Gasteiger partial charge in [0, 0.05) is 0 Å². The minimum atomic E-state index is -4.09. The molecule has 0 saturated carbocycles. The highest BCUT2D eigenvalue weighted by Gasteiger charge is 2.25. The zero-order valence-corrected chi connectivity index (χ0v) is 12.1. The lowest BCUT2D eigenvalue weighted by Gasteiger charge is -2.13. The predicted octanol–water partition coefficient (Wildman–Crippen LogP) is 1.60. The van der Waals surface area contributed by atoms with E-state index in [4.69, 9.17) is 5.73 Å². The van der Waals surface area contributed by atoms with Crippen LogP contribution in [-0.4, -0.2) is 20.4 Å². The maximum atomic E-state index is 11.8. The highest BCUT2D eigenvalue weighted by Crippen LogP contribution is 2.15. The van der Waals surface area contributed by atoms with Gasteiger partial charge >= 0.3 is 16.1 Å². The first-order valence-corrected chi connectivity index (χ1v) is 7.44. The molecule has 5 nitrogen and oxygen atoms in total. The molecule has 0 aliphatic carbocycles. The van der Waals surface area contributed by atoms with Gasteiger partial charge in [-0.3, -0.25) is 0 Å². The Labute approximate surface area is 113 Å². The smallest absolute Gasteiger partial charge is 0.341 e. The Morgan fingerprint density at radius 2 is 1.79 bits per heavy atom. The lowest BCUT2D eigenvalue weighted by Crippen LogP contribution is -2.35. The first-order chi connectivity index (χ1) is 8.72. The van der Waals surface area contributed by atoms with Crippen LogP contribution in [-0.2, 0) is 19.1 Å². The van der Waals surface area contributed by atoms with Crippen molar-refractivity contribution in [3.63, 3.8) is 0 Å². The Bertz CT molecular complexity index is 534. The van der Waals surface area contributed by atoms with Crippen molar-refractivity contribution in [1.29, 1.82) is 0 Å². The molecule has 0 fully saturated rings. The van der Waals surface area contributed by atoms with E-state index >= 15 is 0 Å². The molecule has 0 bridgehead atoms. The average molecular weight is 285 g/mol. The molecule has 0 aliphatic heterocycles. The van der Waals surface area contributed by atoms with Crippen molar-refractivity contribution in [2.24, 2.45) is 11.7 Å². The van der Waals surface area contributed by atoms with Crippen LogP contribution in [0.2, 0.25) is 0 Å². The number of hydrogen-bond acceptors (Lipinski definition) is 5. The molecule has 0 spiro atoms. The number of rotatable bonds is 5. The quantitative estimate of drug-likeness (QED) is 0.830. The molecule has 0 saturated heterocycles. The van der Waals surface area contributed by atoms with Crippen molar-refractivity contribution in [2.75, 3.05) is 0 Å². The van der Waals surface area contributed by atoms with Gasteiger partial charge in [0.1, 0.15) is 10.9 Å². The summed E-state index contributed by atoms with van der Waals surface area (Å²) in [5, 5.41) is 0. The summed E-state index contributed by atoms with van der Waals surface area (Å²) in [5.41, 5.74) is 6.51. The maximum Gasteiger partial charge on any atom is 0.341 e. The molecule has 0 heterocycles. The summed E-state index contributed by atoms with van der Waals surface area (Å²) in [4.78, 5) is 11.6. The van der Waals surface area contributed by atoms with Gasteiger partial charge in [0.15, 0.2) is 0 Å². The molecule has 19 heavy (non-hydrogen) atoms. The van der Waals surface area contributed by atoms with Gasteiger partial charge in [-0.1, -0.05) is 31.5 Å². The molecule has 1 atom stereocenters. The summed E-state index contributed by atoms with van der Waals surface area (Å²) in [5.74, 6) is -0.737. The van der Waals surface area contributed by atoms with Crippen LogP contribution < -0.4 is 5.73 Å². The van der Waals surface area contributed by atoms with E-state index in [1.54, 1.807) is 12.1 Å². The minimum Gasteiger partial charge on any atom is -0.341 e. The lowest BCUT2D eigenvalue weighted by atomic mass is 10.1. The van der Waals surface area contributed by atoms with Crippen LogP contribution in [0.3, 0.4) is 0 Å². The molecule has 0 radical (unpaired) electrons. The molecule has 106 valence electrons. The molecule has 2 N–H and O–H groups in total. The van der Waals surface area contributed by atoms with E-state index in [2.05, 4.69) is 4.18 Å². The third kappa shape index (κ3) is 4.65. The van der Waals surface area contributed by atoms with Gasteiger partial charge < -0.3 is 9.92 Å². The van der Waals surface area contributed by atoms with Gasteiger partial charge in [-0.05, 0) is 31.4 Å². The van der Waals surface area contributed by atoms with Crippen molar-refractivity contribution in [2.45, 2.75) is 38.1 Å². The van der Waals surface area contributed by atoms with Crippen molar-refractivity contribution < 1.29 is 17.4 Å². The second-order valence-electron chi connectivity index (χ2n) is 4.91. The van der Waals surface area contributed by atoms with Crippen molar-refractivity contribution in [1.82, 2.24) is 0 Å². The molecule has 1 rings (SSSR count). The van der Waals surface area contributed by atoms with Gasteiger partial charge in [0.05, 0.1) is 0 Å². The van der Waals surface area contributed by atoms with E-state index in [9.17, 15) is 13.2 Å². The van der Waals surface area contributed by atoms with Gasteiger partial charge in [-0.15, -0.1) is 0 Å². The van der Waals surface area contributed by atoms with Crippen LogP contribution in [0.15, 0.2) is 29.2 Å². The van der Waals surface area contributed by atoms with Crippen LogP contribution in [0.1, 0.15) is 25.8 Å². The SMILES string of the molecule is Cc1ccc(S(=O)(=O)OC(=O)C(N)CC(C)C)cc1. The topological polar surface area (TPSA) is 86.5 Å². The summed E-state index contributed by atoms with van der Waals surface area (Å²) >= 11 is 0. The first-order valence-electron chi connectivity index (χ1n) is 6.03. The summed E-state index contributed by atoms with van der Waals surface area (Å²) in [6, 6.07) is 5.13. The van der Waals surface area contributed by atoms with Crippen molar-refractivity contribution in [3.8, 4) is 0 Å². The number of carbonyl (C=O) groups is 1. The molecular formula is C13H19NO4S. The van der Waals surface area contributed by atoms with E-state index in [0.29, 0.717) is 6.42 Å². The molecule has 0 aliphatic rings. The van der Waals surface area contributed by atoms with Crippen molar-refractivity contribution >= 4 is 16.1 Å².